The molecule has 0 saturated heterocycles. The number of halogens is 4. The lowest BCUT2D eigenvalue weighted by Gasteiger charge is -2.20. The highest BCUT2D eigenvalue weighted by molar-refractivity contribution is 9.10. The number of fused-ring (bicyclic) bond motifs is 1. The number of hydrogen-bond acceptors (Lipinski definition) is 3. The van der Waals surface area contributed by atoms with Crippen LogP contribution in [0.4, 0.5) is 13.2 Å². The van der Waals surface area contributed by atoms with Gasteiger partial charge in [0.1, 0.15) is 13.2 Å². The summed E-state index contributed by atoms with van der Waals surface area (Å²) in [5, 5.41) is 2.33. The van der Waals surface area contributed by atoms with Gasteiger partial charge in [0.15, 0.2) is 11.5 Å². The molecule has 0 aromatic heterocycles. The molecule has 100 valence electrons. The summed E-state index contributed by atoms with van der Waals surface area (Å²) in [5.41, 5.74) is 0.704. The van der Waals surface area contributed by atoms with E-state index in [0.717, 1.165) is 0 Å². The number of alkyl halides is 3. The number of ether oxygens (including phenoxy) is 2. The van der Waals surface area contributed by atoms with Crippen LogP contribution in [0.15, 0.2) is 16.6 Å². The maximum absolute atomic E-state index is 12.0. The summed E-state index contributed by atoms with van der Waals surface area (Å²) in [6.07, 6.45) is -4.20. The Labute approximate surface area is 110 Å². The summed E-state index contributed by atoms with van der Waals surface area (Å²) < 4.78 is 47.5. The van der Waals surface area contributed by atoms with Gasteiger partial charge in [0.25, 0.3) is 0 Å². The fraction of sp³-hybridized carbons (Fsp3) is 0.455. The Hall–Kier alpha value is -0.950. The highest BCUT2D eigenvalue weighted by Crippen LogP contribution is 2.38. The molecular weight excluding hydrogens is 315 g/mol. The number of benzene rings is 1. The molecule has 1 N–H and O–H groups in total. The molecule has 0 saturated carbocycles. The summed E-state index contributed by atoms with van der Waals surface area (Å²) in [5.74, 6) is 1.15. The molecule has 0 atom stereocenters. The molecule has 0 fully saturated rings. The third-order valence-corrected chi connectivity index (χ3v) is 2.90. The van der Waals surface area contributed by atoms with Crippen LogP contribution in [0.5, 0.6) is 11.5 Å². The Morgan fingerprint density at radius 2 is 1.94 bits per heavy atom. The number of rotatable bonds is 3. The van der Waals surface area contributed by atoms with Gasteiger partial charge in [-0.2, -0.15) is 13.2 Å². The Morgan fingerprint density at radius 1 is 1.22 bits per heavy atom. The van der Waals surface area contributed by atoms with Gasteiger partial charge in [0, 0.05) is 6.54 Å². The summed E-state index contributed by atoms with van der Waals surface area (Å²) in [4.78, 5) is 0. The van der Waals surface area contributed by atoms with Crippen molar-refractivity contribution in [3.63, 3.8) is 0 Å². The summed E-state index contributed by atoms with van der Waals surface area (Å²) in [6.45, 7) is 0.0178. The molecule has 0 bridgehead atoms. The lowest BCUT2D eigenvalue weighted by molar-refractivity contribution is -0.125. The van der Waals surface area contributed by atoms with Gasteiger partial charge < -0.3 is 14.8 Å². The molecule has 0 radical (unpaired) electrons. The van der Waals surface area contributed by atoms with Crippen molar-refractivity contribution in [2.45, 2.75) is 12.7 Å². The molecule has 1 aromatic carbocycles. The molecule has 0 spiro atoms. The van der Waals surface area contributed by atoms with Gasteiger partial charge >= 0.3 is 6.18 Å². The highest BCUT2D eigenvalue weighted by atomic mass is 79.9. The Balaban J connectivity index is 2.03. The van der Waals surface area contributed by atoms with Crippen LogP contribution in [0.2, 0.25) is 0 Å². The third kappa shape index (κ3) is 3.52. The van der Waals surface area contributed by atoms with Crippen molar-refractivity contribution in [3.05, 3.63) is 22.2 Å². The van der Waals surface area contributed by atoms with E-state index < -0.39 is 12.7 Å². The normalized spacial score (nSPS) is 14.7. The van der Waals surface area contributed by atoms with Crippen LogP contribution in [0.1, 0.15) is 5.56 Å². The van der Waals surface area contributed by atoms with E-state index in [4.69, 9.17) is 9.47 Å². The van der Waals surface area contributed by atoms with Crippen molar-refractivity contribution in [3.8, 4) is 11.5 Å². The SMILES string of the molecule is FC(F)(F)CNCc1cc(Br)c2c(c1)OCCO2. The van der Waals surface area contributed by atoms with Crippen molar-refractivity contribution in [1.29, 1.82) is 0 Å². The van der Waals surface area contributed by atoms with Crippen LogP contribution in [0, 0.1) is 0 Å². The first-order valence-corrected chi connectivity index (χ1v) is 6.10. The van der Waals surface area contributed by atoms with Crippen LogP contribution >= 0.6 is 15.9 Å². The largest absolute Gasteiger partial charge is 0.486 e. The highest BCUT2D eigenvalue weighted by Gasteiger charge is 2.26. The maximum atomic E-state index is 12.0. The predicted octanol–water partition coefficient (Wildman–Crippen LogP) is 2.87. The monoisotopic (exact) mass is 325 g/mol. The van der Waals surface area contributed by atoms with Gasteiger partial charge in [-0.15, -0.1) is 0 Å². The minimum Gasteiger partial charge on any atom is -0.486 e. The average molecular weight is 326 g/mol. The van der Waals surface area contributed by atoms with Crippen LogP contribution in [0.25, 0.3) is 0 Å². The van der Waals surface area contributed by atoms with Crippen LogP contribution in [0.3, 0.4) is 0 Å². The first-order valence-electron chi connectivity index (χ1n) is 5.31. The molecule has 1 aromatic rings. The fourth-order valence-electron chi connectivity index (χ4n) is 1.61. The Morgan fingerprint density at radius 3 is 2.67 bits per heavy atom. The molecule has 1 aliphatic rings. The zero-order chi connectivity index (χ0) is 13.2. The van der Waals surface area contributed by atoms with Crippen molar-refractivity contribution in [1.82, 2.24) is 5.32 Å². The minimum atomic E-state index is -4.20. The zero-order valence-corrected chi connectivity index (χ0v) is 10.9. The van der Waals surface area contributed by atoms with E-state index >= 15 is 0 Å². The Bertz CT molecular complexity index is 437. The molecule has 18 heavy (non-hydrogen) atoms. The number of nitrogens with one attached hydrogen (secondary N) is 1. The van der Waals surface area contributed by atoms with Gasteiger partial charge in [0.2, 0.25) is 0 Å². The molecule has 3 nitrogen and oxygen atoms in total. The fourth-order valence-corrected chi connectivity index (χ4v) is 2.22. The van der Waals surface area contributed by atoms with E-state index in [0.29, 0.717) is 34.7 Å². The maximum Gasteiger partial charge on any atom is 0.401 e. The third-order valence-electron chi connectivity index (χ3n) is 2.31. The van der Waals surface area contributed by atoms with Gasteiger partial charge in [-0.25, -0.2) is 0 Å². The molecule has 1 heterocycles. The number of hydrogen-bond donors (Lipinski definition) is 1. The van der Waals surface area contributed by atoms with E-state index in [1.165, 1.54) is 0 Å². The predicted molar refractivity (Wildman–Crippen MR) is 62.9 cm³/mol. The molecule has 0 unspecified atom stereocenters. The minimum absolute atomic E-state index is 0.120. The van der Waals surface area contributed by atoms with Crippen molar-refractivity contribution >= 4 is 15.9 Å². The molecule has 2 rings (SSSR count). The molecule has 1 aliphatic heterocycles. The van der Waals surface area contributed by atoms with Gasteiger partial charge in [0.05, 0.1) is 11.0 Å². The van der Waals surface area contributed by atoms with Crippen molar-refractivity contribution < 1.29 is 22.6 Å². The van der Waals surface area contributed by atoms with Crippen molar-refractivity contribution in [2.24, 2.45) is 0 Å². The molecular formula is C11H11BrF3NO2. The molecule has 0 aliphatic carbocycles. The second kappa shape index (κ2) is 5.36. The second-order valence-electron chi connectivity index (χ2n) is 3.82. The van der Waals surface area contributed by atoms with Gasteiger partial charge in [-0.05, 0) is 33.6 Å². The van der Waals surface area contributed by atoms with E-state index in [-0.39, 0.29) is 6.54 Å². The van der Waals surface area contributed by atoms with E-state index in [9.17, 15) is 13.2 Å². The summed E-state index contributed by atoms with van der Waals surface area (Å²) in [7, 11) is 0. The first-order chi connectivity index (χ1) is 8.46. The van der Waals surface area contributed by atoms with Crippen LogP contribution < -0.4 is 14.8 Å². The van der Waals surface area contributed by atoms with Crippen molar-refractivity contribution in [2.75, 3.05) is 19.8 Å². The second-order valence-corrected chi connectivity index (χ2v) is 4.67. The van der Waals surface area contributed by atoms with Gasteiger partial charge in [-0.3, -0.25) is 0 Å². The lowest BCUT2D eigenvalue weighted by atomic mass is 10.2. The van der Waals surface area contributed by atoms with Crippen LogP contribution in [-0.4, -0.2) is 25.9 Å². The Kier molecular flexibility index (Phi) is 4.01. The quantitative estimate of drug-likeness (QED) is 0.927. The topological polar surface area (TPSA) is 30.5 Å². The lowest BCUT2D eigenvalue weighted by Crippen LogP contribution is -2.28. The van der Waals surface area contributed by atoms with E-state index in [2.05, 4.69) is 21.2 Å². The first kappa shape index (κ1) is 13.5. The zero-order valence-electron chi connectivity index (χ0n) is 9.31. The van der Waals surface area contributed by atoms with E-state index in [1.807, 2.05) is 0 Å². The smallest absolute Gasteiger partial charge is 0.401 e. The van der Waals surface area contributed by atoms with Crippen LogP contribution in [-0.2, 0) is 6.54 Å². The standard InChI is InChI=1S/C11H11BrF3NO2/c12-8-3-7(5-16-6-11(13,14)15)4-9-10(8)18-2-1-17-9/h3-4,16H,1-2,5-6H2. The summed E-state index contributed by atoms with van der Waals surface area (Å²) in [6, 6.07) is 3.40. The molecule has 0 amide bonds. The average Bonchev–Trinajstić information content (AvgIpc) is 2.27. The summed E-state index contributed by atoms with van der Waals surface area (Å²) >= 11 is 3.31. The van der Waals surface area contributed by atoms with Gasteiger partial charge in [-0.1, -0.05) is 0 Å². The molecule has 7 heteroatoms. The van der Waals surface area contributed by atoms with E-state index in [1.54, 1.807) is 12.1 Å².